The van der Waals surface area contributed by atoms with E-state index in [1.54, 1.807) is 63.6 Å². The predicted molar refractivity (Wildman–Crippen MR) is 150 cm³/mol. The molecule has 3 aromatic carbocycles. The van der Waals surface area contributed by atoms with E-state index in [0.717, 1.165) is 0 Å². The number of rotatable bonds is 12. The summed E-state index contributed by atoms with van der Waals surface area (Å²) in [7, 11) is 6.14. The summed E-state index contributed by atoms with van der Waals surface area (Å²) < 4.78 is 52.3. The number of nitrogens with one attached hydrogen (secondary N) is 1. The van der Waals surface area contributed by atoms with Gasteiger partial charge in [-0.3, -0.25) is 0 Å². The van der Waals surface area contributed by atoms with E-state index in [-0.39, 0.29) is 18.7 Å². The molecular formula is C31H36F2N2O5. The summed E-state index contributed by atoms with van der Waals surface area (Å²) in [5.41, 5.74) is -0.313. The first-order valence-electron chi connectivity index (χ1n) is 12.7. The minimum atomic E-state index is -1.72. The number of methoxy groups -OCH3 is 4. The van der Waals surface area contributed by atoms with Crippen LogP contribution in [0, 0.1) is 5.82 Å². The first kappa shape index (κ1) is 30.3. The Morgan fingerprint density at radius 3 is 1.88 bits per heavy atom. The monoisotopic (exact) mass is 554 g/mol. The predicted octanol–water partition coefficient (Wildman–Crippen LogP) is 6.40. The van der Waals surface area contributed by atoms with Gasteiger partial charge in [-0.15, -0.1) is 0 Å². The molecule has 3 aromatic rings. The van der Waals surface area contributed by atoms with Crippen LogP contribution in [-0.2, 0) is 18.6 Å². The summed E-state index contributed by atoms with van der Waals surface area (Å²) in [4.78, 5) is 15.5. The van der Waals surface area contributed by atoms with Crippen LogP contribution in [0.2, 0.25) is 0 Å². The molecule has 9 heteroatoms. The van der Waals surface area contributed by atoms with Crippen LogP contribution >= 0.6 is 0 Å². The van der Waals surface area contributed by atoms with Gasteiger partial charge < -0.3 is 29.2 Å². The van der Waals surface area contributed by atoms with Gasteiger partial charge in [0, 0.05) is 28.8 Å². The molecule has 0 unspecified atom stereocenters. The number of carbonyl (C=O) groups excluding carboxylic acids is 1. The molecule has 0 saturated carbocycles. The zero-order valence-electron chi connectivity index (χ0n) is 23.7. The number of carbonyl (C=O) groups is 1. The number of alkyl halides is 1. The average molecular weight is 555 g/mol. The van der Waals surface area contributed by atoms with Crippen molar-refractivity contribution in [3.63, 3.8) is 0 Å². The van der Waals surface area contributed by atoms with Crippen LogP contribution in [-0.4, -0.2) is 45.5 Å². The summed E-state index contributed by atoms with van der Waals surface area (Å²) in [6.07, 6.45) is 1.10. The number of ether oxygens (including phenoxy) is 4. The number of benzene rings is 3. The highest BCUT2D eigenvalue weighted by molar-refractivity contribution is 5.76. The topological polar surface area (TPSA) is 69.3 Å². The minimum Gasteiger partial charge on any atom is -0.497 e. The molecule has 1 N–H and O–H groups in total. The maximum atomic E-state index is 15.6. The standard InChI is InChI=1S/C31H36F2N2O5/c1-7-10-29(33)31(2,25-11-8-9-12-26(25)32)34-30(36)35(19-21-13-15-23(37-3)17-27(21)39-5)20-22-14-16-24(38-4)18-28(22)40-6/h7-18,29H,19-20H2,1-6H3,(H,34,36)/t29-,31+/m0/s1. The molecule has 0 aliphatic carbocycles. The number of nitrogens with zero attached hydrogens (tertiary/aromatic N) is 1. The van der Waals surface area contributed by atoms with Crippen LogP contribution in [0.15, 0.2) is 72.8 Å². The molecule has 0 aromatic heterocycles. The minimum absolute atomic E-state index is 0.0259. The zero-order valence-corrected chi connectivity index (χ0v) is 23.7. The average Bonchev–Trinajstić information content (AvgIpc) is 2.97. The van der Waals surface area contributed by atoms with Gasteiger partial charge in [0.1, 0.15) is 40.5 Å². The van der Waals surface area contributed by atoms with Crippen molar-refractivity contribution in [2.24, 2.45) is 0 Å². The van der Waals surface area contributed by atoms with Gasteiger partial charge in [0.2, 0.25) is 0 Å². The van der Waals surface area contributed by atoms with Crippen LogP contribution in [0.5, 0.6) is 23.0 Å². The molecule has 7 nitrogen and oxygen atoms in total. The van der Waals surface area contributed by atoms with Crippen molar-refractivity contribution >= 4 is 6.03 Å². The van der Waals surface area contributed by atoms with Crippen molar-refractivity contribution in [1.29, 1.82) is 0 Å². The van der Waals surface area contributed by atoms with Gasteiger partial charge in [-0.1, -0.05) is 30.4 Å². The lowest BCUT2D eigenvalue weighted by atomic mass is 9.86. The molecule has 0 heterocycles. The largest absolute Gasteiger partial charge is 0.497 e. The van der Waals surface area contributed by atoms with Crippen molar-refractivity contribution in [2.45, 2.75) is 38.6 Å². The Labute approximate surface area is 234 Å². The Morgan fingerprint density at radius 1 is 0.900 bits per heavy atom. The van der Waals surface area contributed by atoms with Gasteiger partial charge in [0.05, 0.1) is 41.5 Å². The van der Waals surface area contributed by atoms with Crippen molar-refractivity contribution in [1.82, 2.24) is 10.2 Å². The molecule has 0 spiro atoms. The van der Waals surface area contributed by atoms with Crippen LogP contribution in [0.4, 0.5) is 13.6 Å². The fourth-order valence-corrected chi connectivity index (χ4v) is 4.41. The van der Waals surface area contributed by atoms with Gasteiger partial charge >= 0.3 is 6.03 Å². The Morgan fingerprint density at radius 2 is 1.43 bits per heavy atom. The summed E-state index contributed by atoms with van der Waals surface area (Å²) in [5, 5.41) is 2.79. The third kappa shape index (κ3) is 6.83. The quantitative estimate of drug-likeness (QED) is 0.262. The lowest BCUT2D eigenvalue weighted by Gasteiger charge is -2.36. The molecule has 2 amide bonds. The van der Waals surface area contributed by atoms with Crippen LogP contribution < -0.4 is 24.3 Å². The normalized spacial score (nSPS) is 13.3. The van der Waals surface area contributed by atoms with Crippen LogP contribution in [0.25, 0.3) is 0 Å². The van der Waals surface area contributed by atoms with E-state index in [9.17, 15) is 9.18 Å². The molecule has 0 saturated heterocycles. The number of hydrogen-bond donors (Lipinski definition) is 1. The van der Waals surface area contributed by atoms with Crippen molar-refractivity contribution in [3.8, 4) is 23.0 Å². The van der Waals surface area contributed by atoms with Crippen molar-refractivity contribution in [2.75, 3.05) is 28.4 Å². The van der Waals surface area contributed by atoms with Crippen LogP contribution in [0.1, 0.15) is 30.5 Å². The Balaban J connectivity index is 2.07. The third-order valence-electron chi connectivity index (χ3n) is 6.71. The molecule has 214 valence electrons. The van der Waals surface area contributed by atoms with Gasteiger partial charge in [-0.25, -0.2) is 13.6 Å². The Hall–Kier alpha value is -4.27. The maximum absolute atomic E-state index is 15.6. The van der Waals surface area contributed by atoms with E-state index < -0.39 is 23.6 Å². The fourth-order valence-electron chi connectivity index (χ4n) is 4.41. The lowest BCUT2D eigenvalue weighted by molar-refractivity contribution is 0.153. The maximum Gasteiger partial charge on any atom is 0.318 e. The van der Waals surface area contributed by atoms with Crippen LogP contribution in [0.3, 0.4) is 0 Å². The summed E-state index contributed by atoms with van der Waals surface area (Å²) >= 11 is 0. The van der Waals surface area contributed by atoms with Gasteiger partial charge in [-0.2, -0.15) is 0 Å². The molecule has 0 aliphatic heterocycles. The van der Waals surface area contributed by atoms with E-state index in [1.165, 1.54) is 56.4 Å². The van der Waals surface area contributed by atoms with E-state index in [2.05, 4.69) is 5.32 Å². The molecule has 0 fully saturated rings. The molecular weight excluding hydrogens is 518 g/mol. The fraction of sp³-hybridized carbons (Fsp3) is 0.323. The number of allylic oxidation sites excluding steroid dienone is 1. The summed E-state index contributed by atoms with van der Waals surface area (Å²) in [5.74, 6) is 1.57. The number of amides is 2. The number of hydrogen-bond acceptors (Lipinski definition) is 5. The highest BCUT2D eigenvalue weighted by atomic mass is 19.1. The van der Waals surface area contributed by atoms with Crippen molar-refractivity contribution < 1.29 is 32.5 Å². The van der Waals surface area contributed by atoms with E-state index in [4.69, 9.17) is 18.9 Å². The van der Waals surface area contributed by atoms with Gasteiger partial charge in [-0.05, 0) is 44.2 Å². The Bertz CT molecular complexity index is 1280. The van der Waals surface area contributed by atoms with Crippen molar-refractivity contribution in [3.05, 3.63) is 95.3 Å². The molecule has 3 rings (SSSR count). The number of halogens is 2. The third-order valence-corrected chi connectivity index (χ3v) is 6.71. The molecule has 0 aliphatic rings. The highest BCUT2D eigenvalue weighted by Crippen LogP contribution is 2.33. The first-order valence-corrected chi connectivity index (χ1v) is 12.7. The molecule has 0 bridgehead atoms. The zero-order chi connectivity index (χ0) is 29.3. The lowest BCUT2D eigenvalue weighted by Crippen LogP contribution is -2.54. The first-order chi connectivity index (χ1) is 19.2. The second kappa shape index (κ2) is 13.7. The van der Waals surface area contributed by atoms with E-state index in [1.807, 2.05) is 0 Å². The van der Waals surface area contributed by atoms with Gasteiger partial charge in [0.15, 0.2) is 0 Å². The summed E-state index contributed by atoms with van der Waals surface area (Å²) in [6, 6.07) is 15.7. The van der Waals surface area contributed by atoms with E-state index in [0.29, 0.717) is 34.1 Å². The van der Waals surface area contributed by atoms with Gasteiger partial charge in [0.25, 0.3) is 0 Å². The molecule has 40 heavy (non-hydrogen) atoms. The molecule has 2 atom stereocenters. The smallest absolute Gasteiger partial charge is 0.318 e. The SMILES string of the molecule is CC=C[C@H](F)[C@](C)(NC(=O)N(Cc1ccc(OC)cc1OC)Cc1ccc(OC)cc1OC)c1ccccc1F. The summed E-state index contributed by atoms with van der Waals surface area (Å²) in [6.45, 7) is 3.30. The molecule has 0 radical (unpaired) electrons. The number of urea groups is 1. The van der Waals surface area contributed by atoms with E-state index >= 15 is 4.39 Å². The second-order valence-corrected chi connectivity index (χ2v) is 9.25. The Kier molecular flexibility index (Phi) is 10.4. The highest BCUT2D eigenvalue weighted by Gasteiger charge is 2.40. The second-order valence-electron chi connectivity index (χ2n) is 9.25.